The Morgan fingerprint density at radius 3 is 2.78 bits per heavy atom. The van der Waals surface area contributed by atoms with Crippen molar-refractivity contribution in [3.05, 3.63) is 33.3 Å². The predicted molar refractivity (Wildman–Crippen MR) is 110 cm³/mol. The Kier molecular flexibility index (Phi) is 8.89. The largest absolute Gasteiger partial charge is 0.377 e. The first-order chi connectivity index (χ1) is 12.9. The number of ketones is 1. The van der Waals surface area contributed by atoms with Crippen LogP contribution in [0.1, 0.15) is 55.4 Å². The van der Waals surface area contributed by atoms with Crippen LogP contribution >= 0.6 is 22.9 Å². The lowest BCUT2D eigenvalue weighted by Gasteiger charge is -2.36. The van der Waals surface area contributed by atoms with Crippen molar-refractivity contribution in [2.24, 2.45) is 5.92 Å². The number of likely N-dealkylation sites (tertiary alicyclic amines) is 1. The number of hydrogen-bond acceptors (Lipinski definition) is 6. The zero-order chi connectivity index (χ0) is 19.8. The van der Waals surface area contributed by atoms with Crippen LogP contribution in [0.4, 0.5) is 0 Å². The van der Waals surface area contributed by atoms with Crippen molar-refractivity contribution >= 4 is 28.7 Å². The summed E-state index contributed by atoms with van der Waals surface area (Å²) in [7, 11) is 0. The molecule has 2 aromatic heterocycles. The van der Waals surface area contributed by atoms with Crippen LogP contribution in [0, 0.1) is 5.92 Å². The van der Waals surface area contributed by atoms with E-state index in [0.717, 1.165) is 31.8 Å². The molecule has 0 spiro atoms. The van der Waals surface area contributed by atoms with Gasteiger partial charge in [-0.05, 0) is 32.2 Å². The molecule has 3 rings (SSSR count). The highest BCUT2D eigenvalue weighted by Crippen LogP contribution is 2.21. The number of hydrogen-bond donors (Lipinski definition) is 1. The van der Waals surface area contributed by atoms with Crippen LogP contribution in [-0.2, 0) is 17.7 Å². The summed E-state index contributed by atoms with van der Waals surface area (Å²) in [4.78, 5) is 24.2. The van der Waals surface area contributed by atoms with E-state index in [1.807, 2.05) is 18.5 Å². The molecule has 0 aliphatic carbocycles. The van der Waals surface area contributed by atoms with E-state index in [4.69, 9.17) is 16.3 Å². The molecule has 0 aromatic carbocycles. The first-order valence-corrected chi connectivity index (χ1v) is 10.7. The van der Waals surface area contributed by atoms with E-state index < -0.39 is 0 Å². The van der Waals surface area contributed by atoms with Crippen molar-refractivity contribution in [2.75, 3.05) is 19.7 Å². The second-order valence-electron chi connectivity index (χ2n) is 6.69. The maximum atomic E-state index is 10.8. The Bertz CT molecular complexity index is 705. The number of imidazole rings is 1. The molecule has 2 atom stereocenters. The Balaban J connectivity index is 0.000000208. The second-order valence-corrected chi connectivity index (χ2v) is 8.02. The zero-order valence-corrected chi connectivity index (χ0v) is 18.1. The van der Waals surface area contributed by atoms with Crippen LogP contribution in [0.25, 0.3) is 0 Å². The van der Waals surface area contributed by atoms with E-state index >= 15 is 0 Å². The highest BCUT2D eigenvalue weighted by Gasteiger charge is 2.26. The number of rotatable bonds is 6. The zero-order valence-electron chi connectivity index (χ0n) is 16.5. The van der Waals surface area contributed by atoms with Gasteiger partial charge in [0.15, 0.2) is 16.8 Å². The van der Waals surface area contributed by atoms with Gasteiger partial charge in [-0.3, -0.25) is 9.69 Å². The molecule has 1 aliphatic rings. The second kappa shape index (κ2) is 10.9. The van der Waals surface area contributed by atoms with Crippen LogP contribution in [-0.4, -0.2) is 51.4 Å². The molecule has 27 heavy (non-hydrogen) atoms. The number of ether oxygens (including phenoxy) is 1. The molecule has 1 aliphatic heterocycles. The molecule has 8 heteroatoms. The topological polar surface area (TPSA) is 71.1 Å². The summed E-state index contributed by atoms with van der Waals surface area (Å²) >= 11 is 7.43. The van der Waals surface area contributed by atoms with Gasteiger partial charge in [0.2, 0.25) is 0 Å². The van der Waals surface area contributed by atoms with Crippen LogP contribution < -0.4 is 0 Å². The average Bonchev–Trinajstić information content (AvgIpc) is 3.28. The lowest BCUT2D eigenvalue weighted by atomic mass is 9.96. The number of Topliss-reactive ketones (excluding diaryl/α,β-unsaturated/α-hetero) is 1. The third-order valence-electron chi connectivity index (χ3n) is 4.61. The van der Waals surface area contributed by atoms with Crippen LogP contribution in [0.2, 0.25) is 5.15 Å². The Morgan fingerprint density at radius 2 is 2.26 bits per heavy atom. The third kappa shape index (κ3) is 6.68. The summed E-state index contributed by atoms with van der Waals surface area (Å²) in [6.07, 6.45) is 4.28. The minimum absolute atomic E-state index is 0.0911. The van der Waals surface area contributed by atoms with Crippen molar-refractivity contribution in [3.63, 3.8) is 0 Å². The molecular weight excluding hydrogens is 384 g/mol. The lowest BCUT2D eigenvalue weighted by molar-refractivity contribution is -0.0292. The van der Waals surface area contributed by atoms with Crippen molar-refractivity contribution in [1.29, 1.82) is 0 Å². The minimum Gasteiger partial charge on any atom is -0.377 e. The van der Waals surface area contributed by atoms with Gasteiger partial charge in [-0.2, -0.15) is 0 Å². The number of aromatic amines is 1. The standard InChI is InChI=1S/C12H20N2OS.C7H9ClN2O/c1-3-15-11-8-14(6-4-10(11)2)9-12-13-5-7-16-12;1-3-5-6(8)10-7(9-5)4(2)11/h5,7,10-11H,3-4,6,8-9H2,1-2H3;3H2,1-2H3,(H,9,10)/t10-,11+;/m1./s1. The SMILES string of the molecule is CCO[C@H]1CN(Cc2nccs2)CC[C@H]1C.CCc1[nH]c(C(C)=O)nc1Cl. The van der Waals surface area contributed by atoms with E-state index in [0.29, 0.717) is 23.0 Å². The molecule has 3 heterocycles. The molecule has 0 saturated carbocycles. The summed E-state index contributed by atoms with van der Waals surface area (Å²) in [6, 6.07) is 0. The summed E-state index contributed by atoms with van der Waals surface area (Å²) in [5, 5.41) is 3.66. The number of halogens is 1. The van der Waals surface area contributed by atoms with E-state index in [1.165, 1.54) is 24.9 Å². The molecule has 0 amide bonds. The quantitative estimate of drug-likeness (QED) is 0.719. The number of thiazole rings is 1. The maximum Gasteiger partial charge on any atom is 0.195 e. The number of aromatic nitrogens is 3. The molecular formula is C19H29ClN4O2S. The first kappa shape index (κ1) is 22.0. The highest BCUT2D eigenvalue weighted by atomic mass is 35.5. The number of aryl methyl sites for hydroxylation is 1. The summed E-state index contributed by atoms with van der Waals surface area (Å²) in [5.74, 6) is 0.936. The van der Waals surface area contributed by atoms with Crippen LogP contribution in [0.15, 0.2) is 11.6 Å². The Morgan fingerprint density at radius 1 is 1.48 bits per heavy atom. The molecule has 6 nitrogen and oxygen atoms in total. The van der Waals surface area contributed by atoms with E-state index in [-0.39, 0.29) is 5.78 Å². The fourth-order valence-corrected chi connectivity index (χ4v) is 3.91. The number of nitrogens with one attached hydrogen (secondary N) is 1. The predicted octanol–water partition coefficient (Wildman–Crippen LogP) is 4.22. The summed E-state index contributed by atoms with van der Waals surface area (Å²) in [5.41, 5.74) is 0.817. The first-order valence-electron chi connectivity index (χ1n) is 9.42. The number of piperidine rings is 1. The monoisotopic (exact) mass is 412 g/mol. The maximum absolute atomic E-state index is 10.8. The molecule has 1 fully saturated rings. The fraction of sp³-hybridized carbons (Fsp3) is 0.632. The fourth-order valence-electron chi connectivity index (χ4n) is 2.98. The smallest absolute Gasteiger partial charge is 0.195 e. The molecule has 0 bridgehead atoms. The van der Waals surface area contributed by atoms with E-state index in [1.54, 1.807) is 11.3 Å². The minimum atomic E-state index is -0.0911. The van der Waals surface area contributed by atoms with Gasteiger partial charge in [-0.15, -0.1) is 11.3 Å². The number of carbonyl (C=O) groups excluding carboxylic acids is 1. The molecule has 0 radical (unpaired) electrons. The number of H-pyrrole nitrogens is 1. The van der Waals surface area contributed by atoms with E-state index in [2.05, 4.69) is 33.7 Å². The Labute approximate surface area is 170 Å². The van der Waals surface area contributed by atoms with Gasteiger partial charge in [0.25, 0.3) is 0 Å². The highest BCUT2D eigenvalue weighted by molar-refractivity contribution is 7.09. The van der Waals surface area contributed by atoms with Gasteiger partial charge in [0.05, 0.1) is 18.3 Å². The molecule has 1 N–H and O–H groups in total. The van der Waals surface area contributed by atoms with Crippen molar-refractivity contribution < 1.29 is 9.53 Å². The summed E-state index contributed by atoms with van der Waals surface area (Å²) in [6.45, 7) is 11.8. The number of carbonyl (C=O) groups is 1. The average molecular weight is 413 g/mol. The lowest BCUT2D eigenvalue weighted by Crippen LogP contribution is -2.43. The molecule has 0 unspecified atom stereocenters. The van der Waals surface area contributed by atoms with Crippen molar-refractivity contribution in [2.45, 2.75) is 53.2 Å². The van der Waals surface area contributed by atoms with Gasteiger partial charge in [-0.25, -0.2) is 9.97 Å². The molecule has 1 saturated heterocycles. The van der Waals surface area contributed by atoms with Crippen LogP contribution in [0.5, 0.6) is 0 Å². The van der Waals surface area contributed by atoms with Gasteiger partial charge in [0.1, 0.15) is 5.01 Å². The molecule has 150 valence electrons. The van der Waals surface area contributed by atoms with E-state index in [9.17, 15) is 4.79 Å². The van der Waals surface area contributed by atoms with Crippen LogP contribution in [0.3, 0.4) is 0 Å². The normalized spacial score (nSPS) is 20.2. The van der Waals surface area contributed by atoms with Gasteiger partial charge < -0.3 is 9.72 Å². The molecule has 2 aromatic rings. The van der Waals surface area contributed by atoms with Crippen molar-refractivity contribution in [1.82, 2.24) is 19.9 Å². The van der Waals surface area contributed by atoms with Gasteiger partial charge >= 0.3 is 0 Å². The third-order valence-corrected chi connectivity index (χ3v) is 5.69. The van der Waals surface area contributed by atoms with Crippen molar-refractivity contribution in [3.8, 4) is 0 Å². The van der Waals surface area contributed by atoms with Gasteiger partial charge in [0, 0.05) is 31.7 Å². The summed E-state index contributed by atoms with van der Waals surface area (Å²) < 4.78 is 5.79. The Hall–Kier alpha value is -1.28. The van der Waals surface area contributed by atoms with Gasteiger partial charge in [-0.1, -0.05) is 25.4 Å². The number of nitrogens with zero attached hydrogens (tertiary/aromatic N) is 3.